The highest BCUT2D eigenvalue weighted by atomic mass is 32.2. The second-order valence-corrected chi connectivity index (χ2v) is 7.95. The van der Waals surface area contributed by atoms with Gasteiger partial charge < -0.3 is 9.80 Å². The number of carbonyl (C=O) groups excluding carboxylic acids is 1. The monoisotopic (exact) mass is 362 g/mol. The van der Waals surface area contributed by atoms with Crippen LogP contribution in [-0.4, -0.2) is 36.2 Å². The maximum absolute atomic E-state index is 13.0. The van der Waals surface area contributed by atoms with Crippen LogP contribution in [0.3, 0.4) is 0 Å². The van der Waals surface area contributed by atoms with Crippen LogP contribution in [-0.2, 0) is 4.79 Å². The lowest BCUT2D eigenvalue weighted by Crippen LogP contribution is -2.35. The number of unbranched alkanes of at least 4 members (excludes halogenated alkanes) is 1. The molecule has 1 aliphatic rings. The summed E-state index contributed by atoms with van der Waals surface area (Å²) in [4.78, 5) is 17.5. The summed E-state index contributed by atoms with van der Waals surface area (Å²) >= 11 is 1.90. The molecule has 0 aromatic heterocycles. The van der Waals surface area contributed by atoms with Crippen molar-refractivity contribution in [1.82, 2.24) is 4.90 Å². The lowest BCUT2D eigenvalue weighted by molar-refractivity contribution is -0.136. The third-order valence-electron chi connectivity index (χ3n) is 5.23. The molecule has 1 fully saturated rings. The average Bonchev–Trinajstić information content (AvgIpc) is 3.13. The van der Waals surface area contributed by atoms with Crippen LogP contribution in [0.25, 0.3) is 0 Å². The number of anilines is 1. The minimum atomic E-state index is 0.189. The summed E-state index contributed by atoms with van der Waals surface area (Å²) < 4.78 is 0. The van der Waals surface area contributed by atoms with Crippen LogP contribution in [0, 0.1) is 5.92 Å². The molecule has 1 aromatic carbocycles. The first kappa shape index (κ1) is 20.2. The zero-order valence-corrected chi connectivity index (χ0v) is 17.1. The predicted molar refractivity (Wildman–Crippen MR) is 110 cm³/mol. The average molecular weight is 363 g/mol. The Balaban J connectivity index is 2.11. The van der Waals surface area contributed by atoms with Crippen molar-refractivity contribution in [2.24, 2.45) is 5.92 Å². The molecular weight excluding hydrogens is 328 g/mol. The Morgan fingerprint density at radius 1 is 1.20 bits per heavy atom. The SMILES string of the molecule is CCCC[C@H](CC)C(=O)N1CCS[C@@H]1c1ccc(N(CC)CC)cc1. The number of benzene rings is 1. The van der Waals surface area contributed by atoms with E-state index in [1.165, 1.54) is 11.3 Å². The molecule has 1 amide bonds. The van der Waals surface area contributed by atoms with Crippen molar-refractivity contribution in [3.05, 3.63) is 29.8 Å². The minimum absolute atomic E-state index is 0.189. The van der Waals surface area contributed by atoms with Crippen LogP contribution in [0.15, 0.2) is 24.3 Å². The molecule has 1 heterocycles. The van der Waals surface area contributed by atoms with Crippen molar-refractivity contribution < 1.29 is 4.79 Å². The van der Waals surface area contributed by atoms with Crippen LogP contribution in [0.1, 0.15) is 64.3 Å². The standard InChI is InChI=1S/C21H34N2OS/c1-5-9-10-17(6-2)20(24)23-15-16-25-21(23)18-11-13-19(14-12-18)22(7-3)8-4/h11-14,17,21H,5-10,15-16H2,1-4H3/t17-,21+/m0/s1. The van der Waals surface area contributed by atoms with Crippen molar-refractivity contribution in [3.8, 4) is 0 Å². The number of nitrogens with zero attached hydrogens (tertiary/aromatic N) is 2. The van der Waals surface area contributed by atoms with Crippen LogP contribution in [0.5, 0.6) is 0 Å². The lowest BCUT2D eigenvalue weighted by atomic mass is 9.97. The van der Waals surface area contributed by atoms with Crippen molar-refractivity contribution in [1.29, 1.82) is 0 Å². The Hall–Kier alpha value is -1.16. The molecule has 0 unspecified atom stereocenters. The van der Waals surface area contributed by atoms with Crippen LogP contribution in [0.2, 0.25) is 0 Å². The van der Waals surface area contributed by atoms with E-state index >= 15 is 0 Å². The molecule has 0 N–H and O–H groups in total. The molecule has 0 saturated carbocycles. The molecule has 25 heavy (non-hydrogen) atoms. The molecule has 0 aliphatic carbocycles. The zero-order chi connectivity index (χ0) is 18.2. The van der Waals surface area contributed by atoms with Crippen LogP contribution < -0.4 is 4.90 Å². The predicted octanol–water partition coefficient (Wildman–Crippen LogP) is 5.32. The van der Waals surface area contributed by atoms with Gasteiger partial charge in [-0.3, -0.25) is 4.79 Å². The summed E-state index contributed by atoms with van der Waals surface area (Å²) in [5.41, 5.74) is 2.53. The van der Waals surface area contributed by atoms with E-state index in [1.54, 1.807) is 0 Å². The Bertz CT molecular complexity index is 527. The zero-order valence-electron chi connectivity index (χ0n) is 16.3. The van der Waals surface area contributed by atoms with E-state index < -0.39 is 0 Å². The van der Waals surface area contributed by atoms with E-state index in [0.29, 0.717) is 5.91 Å². The first-order valence-electron chi connectivity index (χ1n) is 9.93. The topological polar surface area (TPSA) is 23.6 Å². The van der Waals surface area contributed by atoms with Gasteiger partial charge in [0.05, 0.1) is 0 Å². The third-order valence-corrected chi connectivity index (χ3v) is 6.49. The highest BCUT2D eigenvalue weighted by Gasteiger charge is 2.33. The second-order valence-electron chi connectivity index (χ2n) is 6.77. The molecule has 2 atom stereocenters. The lowest BCUT2D eigenvalue weighted by Gasteiger charge is -2.28. The number of thioether (sulfide) groups is 1. The van der Waals surface area contributed by atoms with E-state index in [4.69, 9.17) is 0 Å². The van der Waals surface area contributed by atoms with Gasteiger partial charge in [-0.2, -0.15) is 0 Å². The van der Waals surface area contributed by atoms with Gasteiger partial charge in [0.2, 0.25) is 5.91 Å². The minimum Gasteiger partial charge on any atom is -0.372 e. The van der Waals surface area contributed by atoms with Crippen molar-refractivity contribution in [2.75, 3.05) is 30.3 Å². The van der Waals surface area contributed by atoms with Gasteiger partial charge in [-0.15, -0.1) is 11.8 Å². The van der Waals surface area contributed by atoms with Crippen molar-refractivity contribution in [3.63, 3.8) is 0 Å². The molecule has 140 valence electrons. The molecule has 0 bridgehead atoms. The van der Waals surface area contributed by atoms with E-state index in [-0.39, 0.29) is 11.3 Å². The van der Waals surface area contributed by atoms with E-state index in [2.05, 4.69) is 61.8 Å². The Kier molecular flexibility index (Phi) is 8.14. The van der Waals surface area contributed by atoms with Gasteiger partial charge in [-0.25, -0.2) is 0 Å². The van der Waals surface area contributed by atoms with Gasteiger partial charge in [-0.05, 0) is 44.4 Å². The number of hydrogen-bond acceptors (Lipinski definition) is 3. The second kappa shape index (κ2) is 10.1. The van der Waals surface area contributed by atoms with E-state index in [9.17, 15) is 4.79 Å². The summed E-state index contributed by atoms with van der Waals surface area (Å²) in [7, 11) is 0. The summed E-state index contributed by atoms with van der Waals surface area (Å²) in [5, 5.41) is 0.189. The number of carbonyl (C=O) groups is 1. The van der Waals surface area contributed by atoms with Gasteiger partial charge in [0.15, 0.2) is 0 Å². The molecule has 2 rings (SSSR count). The van der Waals surface area contributed by atoms with Gasteiger partial charge in [0.1, 0.15) is 5.37 Å². The van der Waals surface area contributed by atoms with Gasteiger partial charge in [0, 0.05) is 37.0 Å². The number of amides is 1. The fraction of sp³-hybridized carbons (Fsp3) is 0.667. The van der Waals surface area contributed by atoms with Crippen LogP contribution in [0.4, 0.5) is 5.69 Å². The summed E-state index contributed by atoms with van der Waals surface area (Å²) in [6.45, 7) is 11.6. The molecule has 1 aliphatic heterocycles. The summed E-state index contributed by atoms with van der Waals surface area (Å²) in [6, 6.07) is 8.84. The molecule has 4 heteroatoms. The van der Waals surface area contributed by atoms with Crippen LogP contribution >= 0.6 is 11.8 Å². The fourth-order valence-electron chi connectivity index (χ4n) is 3.60. The Morgan fingerprint density at radius 3 is 2.44 bits per heavy atom. The molecule has 0 spiro atoms. The largest absolute Gasteiger partial charge is 0.372 e. The van der Waals surface area contributed by atoms with Crippen molar-refractivity contribution >= 4 is 23.4 Å². The molecule has 1 saturated heterocycles. The molecule has 0 radical (unpaired) electrons. The highest BCUT2D eigenvalue weighted by Crippen LogP contribution is 2.39. The Morgan fingerprint density at radius 2 is 1.88 bits per heavy atom. The first-order chi connectivity index (χ1) is 12.2. The normalized spacial score (nSPS) is 18.4. The highest BCUT2D eigenvalue weighted by molar-refractivity contribution is 7.99. The van der Waals surface area contributed by atoms with Gasteiger partial charge >= 0.3 is 0 Å². The number of hydrogen-bond donors (Lipinski definition) is 0. The smallest absolute Gasteiger partial charge is 0.226 e. The molecule has 3 nitrogen and oxygen atoms in total. The molecular formula is C21H34N2OS. The van der Waals surface area contributed by atoms with Crippen molar-refractivity contribution in [2.45, 2.75) is 58.8 Å². The summed E-state index contributed by atoms with van der Waals surface area (Å²) in [6.07, 6.45) is 4.29. The Labute approximate surface area is 158 Å². The maximum atomic E-state index is 13.0. The fourth-order valence-corrected chi connectivity index (χ4v) is 4.86. The number of rotatable bonds is 9. The van der Waals surface area contributed by atoms with Gasteiger partial charge in [0.25, 0.3) is 0 Å². The maximum Gasteiger partial charge on any atom is 0.226 e. The molecule has 1 aromatic rings. The first-order valence-corrected chi connectivity index (χ1v) is 11.0. The van der Waals surface area contributed by atoms with E-state index in [0.717, 1.165) is 51.1 Å². The summed E-state index contributed by atoms with van der Waals surface area (Å²) in [5.74, 6) is 1.59. The quantitative estimate of drug-likeness (QED) is 0.594. The van der Waals surface area contributed by atoms with E-state index in [1.807, 2.05) is 11.8 Å². The third kappa shape index (κ3) is 4.93. The van der Waals surface area contributed by atoms with Gasteiger partial charge in [-0.1, -0.05) is 38.8 Å².